The molecule has 0 saturated heterocycles. The Morgan fingerprint density at radius 1 is 1.11 bits per heavy atom. The minimum Gasteiger partial charge on any atom is -0.464 e. The van der Waals surface area contributed by atoms with E-state index in [1.165, 1.54) is 5.56 Å². The Morgan fingerprint density at radius 3 is 2.64 bits per heavy atom. The van der Waals surface area contributed by atoms with Crippen molar-refractivity contribution in [1.82, 2.24) is 5.01 Å². The van der Waals surface area contributed by atoms with Crippen molar-refractivity contribution in [1.29, 1.82) is 0 Å². The van der Waals surface area contributed by atoms with Crippen molar-refractivity contribution in [2.75, 3.05) is 0 Å². The zero-order valence-electron chi connectivity index (χ0n) is 15.8. The molecule has 3 heterocycles. The van der Waals surface area contributed by atoms with Gasteiger partial charge in [-0.15, -0.1) is 0 Å². The molecule has 0 unspecified atom stereocenters. The number of hydrogen-bond donors (Lipinski definition) is 0. The molecular formula is C23H21ClN2O2. The minimum atomic E-state index is -0.285. The van der Waals surface area contributed by atoms with E-state index in [0.717, 1.165) is 34.8 Å². The molecule has 3 aromatic rings. The van der Waals surface area contributed by atoms with Crippen LogP contribution in [0.2, 0.25) is 5.02 Å². The van der Waals surface area contributed by atoms with Gasteiger partial charge in [-0.25, -0.2) is 5.01 Å². The average molecular weight is 393 g/mol. The van der Waals surface area contributed by atoms with Crippen LogP contribution in [0, 0.1) is 0 Å². The lowest BCUT2D eigenvalue weighted by molar-refractivity contribution is -0.0190. The second kappa shape index (κ2) is 6.71. The molecule has 0 radical (unpaired) electrons. The summed E-state index contributed by atoms with van der Waals surface area (Å²) in [5, 5.41) is 7.63. The maximum atomic E-state index is 6.38. The minimum absolute atomic E-state index is 0.0670. The number of fused-ring (bicyclic) bond motifs is 3. The van der Waals surface area contributed by atoms with Crippen LogP contribution in [-0.2, 0) is 0 Å². The molecule has 0 aliphatic carbocycles. The van der Waals surface area contributed by atoms with Crippen LogP contribution in [0.4, 0.5) is 0 Å². The first kappa shape index (κ1) is 17.4. The number of nitrogens with zero attached hydrogens (tertiary/aromatic N) is 2. The van der Waals surface area contributed by atoms with Gasteiger partial charge in [0.15, 0.2) is 0 Å². The molecule has 142 valence electrons. The highest BCUT2D eigenvalue weighted by atomic mass is 35.5. The molecule has 0 N–H and O–H groups in total. The molecule has 2 aliphatic rings. The van der Waals surface area contributed by atoms with Gasteiger partial charge in [-0.2, -0.15) is 5.10 Å². The normalized spacial score (nSPS) is 20.6. The largest absolute Gasteiger partial charge is 0.464 e. The molecular weight excluding hydrogens is 372 g/mol. The highest BCUT2D eigenvalue weighted by molar-refractivity contribution is 6.30. The summed E-state index contributed by atoms with van der Waals surface area (Å²) in [5.74, 6) is 2.15. The van der Waals surface area contributed by atoms with Gasteiger partial charge < -0.3 is 9.15 Å². The Kier molecular flexibility index (Phi) is 4.17. The summed E-state index contributed by atoms with van der Waals surface area (Å²) < 4.78 is 12.0. The highest BCUT2D eigenvalue weighted by Crippen LogP contribution is 2.48. The van der Waals surface area contributed by atoms with E-state index in [9.17, 15) is 0 Å². The van der Waals surface area contributed by atoms with Crippen LogP contribution in [0.15, 0.2) is 70.4 Å². The van der Waals surface area contributed by atoms with E-state index in [1.807, 2.05) is 35.3 Å². The predicted octanol–water partition coefficient (Wildman–Crippen LogP) is 6.30. The fraction of sp³-hybridized carbons (Fsp3) is 0.261. The molecule has 0 amide bonds. The Hall–Kier alpha value is -2.72. The SMILES string of the molecule is CC(C)c1ccc([C@H]2Oc3ccc(Cl)cc3[C@H]3CC(c4ccco4)=NN32)cc1. The smallest absolute Gasteiger partial charge is 0.213 e. The van der Waals surface area contributed by atoms with E-state index in [1.54, 1.807) is 6.26 Å². The van der Waals surface area contributed by atoms with Gasteiger partial charge in [-0.1, -0.05) is 49.7 Å². The third kappa shape index (κ3) is 2.89. The Bertz CT molecular complexity index is 1030. The topological polar surface area (TPSA) is 38.0 Å². The average Bonchev–Trinajstić information content (AvgIpc) is 3.37. The van der Waals surface area contributed by atoms with Crippen molar-refractivity contribution in [3.05, 3.63) is 88.3 Å². The lowest BCUT2D eigenvalue weighted by Crippen LogP contribution is -2.33. The summed E-state index contributed by atoms with van der Waals surface area (Å²) in [6.45, 7) is 4.39. The van der Waals surface area contributed by atoms with Crippen molar-refractivity contribution in [2.45, 2.75) is 38.5 Å². The number of halogens is 1. The number of benzene rings is 2. The number of hydrazone groups is 1. The molecule has 2 aromatic carbocycles. The predicted molar refractivity (Wildman–Crippen MR) is 110 cm³/mol. The van der Waals surface area contributed by atoms with Crippen LogP contribution in [0.5, 0.6) is 5.75 Å². The van der Waals surface area contributed by atoms with Crippen LogP contribution in [0.1, 0.15) is 60.9 Å². The number of furan rings is 1. The van der Waals surface area contributed by atoms with Crippen molar-refractivity contribution >= 4 is 17.3 Å². The molecule has 0 fully saturated rings. The Balaban J connectivity index is 1.57. The van der Waals surface area contributed by atoms with Crippen molar-refractivity contribution in [3.8, 4) is 5.75 Å². The zero-order chi connectivity index (χ0) is 19.3. The third-order valence-corrected chi connectivity index (χ3v) is 5.68. The lowest BCUT2D eigenvalue weighted by atomic mass is 9.96. The monoisotopic (exact) mass is 392 g/mol. The first-order valence-corrected chi connectivity index (χ1v) is 9.93. The zero-order valence-corrected chi connectivity index (χ0v) is 16.6. The van der Waals surface area contributed by atoms with Crippen LogP contribution in [0.3, 0.4) is 0 Å². The molecule has 2 aliphatic heterocycles. The van der Waals surface area contributed by atoms with E-state index < -0.39 is 0 Å². The Labute approximate surface area is 169 Å². The maximum absolute atomic E-state index is 6.38. The summed E-state index contributed by atoms with van der Waals surface area (Å²) in [7, 11) is 0. The lowest BCUT2D eigenvalue weighted by Gasteiger charge is -2.38. The summed E-state index contributed by atoms with van der Waals surface area (Å²) >= 11 is 6.27. The molecule has 5 heteroatoms. The van der Waals surface area contributed by atoms with E-state index >= 15 is 0 Å². The van der Waals surface area contributed by atoms with Crippen molar-refractivity contribution in [3.63, 3.8) is 0 Å². The standard InChI is InChI=1S/C23H21ClN2O2/c1-14(2)15-5-7-16(8-6-15)23-26-20(13-19(25-26)22-4-3-11-27-22)18-12-17(24)9-10-21(18)28-23/h3-12,14,20,23H,13H2,1-2H3/t20-,23-/m1/s1. The fourth-order valence-electron chi connectivity index (χ4n) is 3.92. The third-order valence-electron chi connectivity index (χ3n) is 5.45. The van der Waals surface area contributed by atoms with E-state index in [-0.39, 0.29) is 12.3 Å². The van der Waals surface area contributed by atoms with E-state index in [2.05, 4.69) is 38.1 Å². The van der Waals surface area contributed by atoms with Gasteiger partial charge in [0.25, 0.3) is 0 Å². The molecule has 1 aromatic heterocycles. The van der Waals surface area contributed by atoms with Gasteiger partial charge >= 0.3 is 0 Å². The van der Waals surface area contributed by atoms with Crippen molar-refractivity contribution in [2.24, 2.45) is 5.10 Å². The fourth-order valence-corrected chi connectivity index (χ4v) is 4.10. The highest BCUT2D eigenvalue weighted by Gasteiger charge is 2.41. The summed E-state index contributed by atoms with van der Waals surface area (Å²) in [6, 6.07) is 18.3. The maximum Gasteiger partial charge on any atom is 0.213 e. The molecule has 4 nitrogen and oxygen atoms in total. The number of hydrogen-bond acceptors (Lipinski definition) is 4. The van der Waals surface area contributed by atoms with E-state index in [4.69, 9.17) is 25.9 Å². The second-order valence-corrected chi connectivity index (χ2v) is 8.03. The van der Waals surface area contributed by atoms with Crippen molar-refractivity contribution < 1.29 is 9.15 Å². The van der Waals surface area contributed by atoms with E-state index in [0.29, 0.717) is 10.9 Å². The van der Waals surface area contributed by atoms with Crippen LogP contribution in [0.25, 0.3) is 0 Å². The van der Waals surface area contributed by atoms with Crippen LogP contribution in [-0.4, -0.2) is 10.7 Å². The summed E-state index contributed by atoms with van der Waals surface area (Å²) in [5.41, 5.74) is 4.38. The molecule has 0 saturated carbocycles. The van der Waals surface area contributed by atoms with Gasteiger partial charge in [0.1, 0.15) is 17.2 Å². The number of ether oxygens (including phenoxy) is 1. The summed E-state index contributed by atoms with van der Waals surface area (Å²) in [6.07, 6.45) is 2.15. The van der Waals surface area contributed by atoms with Gasteiger partial charge in [-0.05, 0) is 41.8 Å². The molecule has 2 atom stereocenters. The Morgan fingerprint density at radius 2 is 1.93 bits per heavy atom. The first-order chi connectivity index (χ1) is 13.6. The molecule has 28 heavy (non-hydrogen) atoms. The van der Waals surface area contributed by atoms with Crippen LogP contribution < -0.4 is 4.74 Å². The van der Waals surface area contributed by atoms with Gasteiger partial charge in [-0.3, -0.25) is 0 Å². The molecule has 0 bridgehead atoms. The number of rotatable bonds is 3. The summed E-state index contributed by atoms with van der Waals surface area (Å²) in [4.78, 5) is 0. The van der Waals surface area contributed by atoms with Gasteiger partial charge in [0, 0.05) is 22.6 Å². The van der Waals surface area contributed by atoms with Gasteiger partial charge in [0.2, 0.25) is 6.23 Å². The quantitative estimate of drug-likeness (QED) is 0.525. The molecule has 5 rings (SSSR count). The second-order valence-electron chi connectivity index (χ2n) is 7.60. The first-order valence-electron chi connectivity index (χ1n) is 9.56. The molecule has 0 spiro atoms. The van der Waals surface area contributed by atoms with Crippen LogP contribution >= 0.6 is 11.6 Å². The van der Waals surface area contributed by atoms with Gasteiger partial charge in [0.05, 0.1) is 12.3 Å².